The smallest absolute Gasteiger partial charge is 0.408 e. The predicted octanol–water partition coefficient (Wildman–Crippen LogP) is 4.34. The molecular weight excluding hydrogens is 482 g/mol. The zero-order valence-corrected chi connectivity index (χ0v) is 22.2. The Morgan fingerprint density at radius 1 is 0.868 bits per heavy atom. The summed E-state index contributed by atoms with van der Waals surface area (Å²) < 4.78 is 5.39. The van der Waals surface area contributed by atoms with Crippen LogP contribution in [0.25, 0.3) is 0 Å². The van der Waals surface area contributed by atoms with Crippen LogP contribution in [0, 0.1) is 0 Å². The number of nitrogens with one attached hydrogen (secondary N) is 2. The van der Waals surface area contributed by atoms with Crippen molar-refractivity contribution in [3.63, 3.8) is 0 Å². The maximum atomic E-state index is 13.8. The molecule has 200 valence electrons. The number of phenolic OH excluding ortho intramolecular Hbond substituents is 1. The maximum Gasteiger partial charge on any atom is 0.408 e. The molecule has 38 heavy (non-hydrogen) atoms. The van der Waals surface area contributed by atoms with Crippen LogP contribution in [0.1, 0.15) is 43.5 Å². The van der Waals surface area contributed by atoms with Crippen molar-refractivity contribution in [1.82, 2.24) is 15.5 Å². The molecule has 0 fully saturated rings. The van der Waals surface area contributed by atoms with E-state index in [2.05, 4.69) is 10.6 Å². The molecule has 3 aromatic carbocycles. The summed E-state index contributed by atoms with van der Waals surface area (Å²) in [7, 11) is 1.54. The van der Waals surface area contributed by atoms with Crippen molar-refractivity contribution in [2.24, 2.45) is 0 Å². The molecular formula is C30H35N3O5. The van der Waals surface area contributed by atoms with E-state index in [0.717, 1.165) is 11.1 Å². The molecule has 0 aromatic heterocycles. The molecule has 2 atom stereocenters. The number of likely N-dealkylation sites (N-methyl/N-ethyl adjacent to an activating group) is 1. The van der Waals surface area contributed by atoms with Crippen LogP contribution in [-0.2, 0) is 27.3 Å². The quantitative estimate of drug-likeness (QED) is 0.391. The zero-order chi connectivity index (χ0) is 27.7. The third-order valence-electron chi connectivity index (χ3n) is 5.77. The van der Waals surface area contributed by atoms with Gasteiger partial charge >= 0.3 is 6.09 Å². The summed E-state index contributed by atoms with van der Waals surface area (Å²) in [5.74, 6) is -0.725. The first-order valence-corrected chi connectivity index (χ1v) is 12.4. The van der Waals surface area contributed by atoms with E-state index in [9.17, 15) is 19.5 Å². The number of nitrogens with zero attached hydrogens (tertiary/aromatic N) is 1. The first-order chi connectivity index (χ1) is 18.0. The summed E-state index contributed by atoms with van der Waals surface area (Å²) >= 11 is 0. The van der Waals surface area contributed by atoms with Gasteiger partial charge in [-0.25, -0.2) is 4.79 Å². The fourth-order valence-corrected chi connectivity index (χ4v) is 3.96. The van der Waals surface area contributed by atoms with Gasteiger partial charge in [0.25, 0.3) is 0 Å². The van der Waals surface area contributed by atoms with E-state index in [-0.39, 0.29) is 18.1 Å². The highest BCUT2D eigenvalue weighted by Crippen LogP contribution is 2.22. The lowest BCUT2D eigenvalue weighted by atomic mass is 10.0. The number of carbonyl (C=O) groups excluding carboxylic acids is 3. The van der Waals surface area contributed by atoms with Gasteiger partial charge in [-0.1, -0.05) is 72.8 Å². The monoisotopic (exact) mass is 517 g/mol. The van der Waals surface area contributed by atoms with Gasteiger partial charge in [0.1, 0.15) is 23.4 Å². The standard InChI is InChI=1S/C30H35N3O5/c1-30(2,3)38-29(37)32-25(19-21-15-17-24(34)18-16-21)28(36)33(4)26(23-13-9-6-10-14-23)27(35)31-20-22-11-7-5-8-12-22/h5-18,25-26,34H,19-20H2,1-4H3,(H,31,35)(H,32,37). The molecule has 0 radical (unpaired) electrons. The highest BCUT2D eigenvalue weighted by atomic mass is 16.6. The van der Waals surface area contributed by atoms with Crippen LogP contribution in [-0.4, -0.2) is 46.6 Å². The Kier molecular flexibility index (Phi) is 9.49. The zero-order valence-electron chi connectivity index (χ0n) is 22.2. The Balaban J connectivity index is 1.87. The molecule has 0 spiro atoms. The number of hydrogen-bond donors (Lipinski definition) is 3. The van der Waals surface area contributed by atoms with Crippen LogP contribution in [0.15, 0.2) is 84.9 Å². The average molecular weight is 518 g/mol. The van der Waals surface area contributed by atoms with Gasteiger partial charge < -0.3 is 25.4 Å². The van der Waals surface area contributed by atoms with Gasteiger partial charge in [0.05, 0.1) is 0 Å². The number of phenols is 1. The number of carbonyl (C=O) groups is 3. The molecule has 3 aromatic rings. The molecule has 3 amide bonds. The number of hydrogen-bond acceptors (Lipinski definition) is 5. The summed E-state index contributed by atoms with van der Waals surface area (Å²) in [5.41, 5.74) is 1.52. The second-order valence-electron chi connectivity index (χ2n) is 10.0. The third kappa shape index (κ3) is 8.37. The van der Waals surface area contributed by atoms with E-state index in [1.54, 1.807) is 64.2 Å². The van der Waals surface area contributed by atoms with Crippen molar-refractivity contribution in [3.8, 4) is 5.75 Å². The highest BCUT2D eigenvalue weighted by molar-refractivity contribution is 5.92. The van der Waals surface area contributed by atoms with Crippen molar-refractivity contribution in [2.75, 3.05) is 7.05 Å². The fourth-order valence-electron chi connectivity index (χ4n) is 3.96. The average Bonchev–Trinajstić information content (AvgIpc) is 2.88. The lowest BCUT2D eigenvalue weighted by Gasteiger charge is -2.31. The number of aromatic hydroxyl groups is 1. The molecule has 0 saturated heterocycles. The van der Waals surface area contributed by atoms with Gasteiger partial charge in [-0.3, -0.25) is 9.59 Å². The van der Waals surface area contributed by atoms with Gasteiger partial charge in [-0.05, 0) is 49.6 Å². The van der Waals surface area contributed by atoms with E-state index in [1.807, 2.05) is 36.4 Å². The lowest BCUT2D eigenvalue weighted by molar-refractivity contribution is -0.140. The molecule has 3 rings (SSSR count). The van der Waals surface area contributed by atoms with Crippen molar-refractivity contribution in [2.45, 2.75) is 51.4 Å². The van der Waals surface area contributed by atoms with Gasteiger partial charge in [0, 0.05) is 20.0 Å². The SMILES string of the molecule is CN(C(=O)C(Cc1ccc(O)cc1)NC(=O)OC(C)(C)C)C(C(=O)NCc1ccccc1)c1ccccc1. The third-order valence-corrected chi connectivity index (χ3v) is 5.77. The second kappa shape index (κ2) is 12.8. The Bertz CT molecular complexity index is 1210. The topological polar surface area (TPSA) is 108 Å². The Morgan fingerprint density at radius 2 is 1.45 bits per heavy atom. The molecule has 2 unspecified atom stereocenters. The molecule has 8 nitrogen and oxygen atoms in total. The predicted molar refractivity (Wildman–Crippen MR) is 145 cm³/mol. The second-order valence-corrected chi connectivity index (χ2v) is 10.0. The number of rotatable bonds is 9. The van der Waals surface area contributed by atoms with Crippen molar-refractivity contribution >= 4 is 17.9 Å². The number of amides is 3. The van der Waals surface area contributed by atoms with Crippen LogP contribution in [0.5, 0.6) is 5.75 Å². The Morgan fingerprint density at radius 3 is 2.03 bits per heavy atom. The molecule has 0 aliphatic carbocycles. The minimum atomic E-state index is -1.02. The first kappa shape index (κ1) is 28.2. The van der Waals surface area contributed by atoms with Crippen LogP contribution >= 0.6 is 0 Å². The summed E-state index contributed by atoms with van der Waals surface area (Å²) in [6, 6.07) is 22.9. The van der Waals surface area contributed by atoms with E-state index in [0.29, 0.717) is 12.1 Å². The maximum absolute atomic E-state index is 13.8. The lowest BCUT2D eigenvalue weighted by Crippen LogP contribution is -2.52. The molecule has 0 aliphatic rings. The van der Waals surface area contributed by atoms with Crippen molar-refractivity contribution < 1.29 is 24.2 Å². The summed E-state index contributed by atoms with van der Waals surface area (Å²) in [5, 5.41) is 15.2. The van der Waals surface area contributed by atoms with E-state index in [1.165, 1.54) is 17.0 Å². The van der Waals surface area contributed by atoms with E-state index < -0.39 is 29.7 Å². The molecule has 3 N–H and O–H groups in total. The van der Waals surface area contributed by atoms with Gasteiger partial charge in [0.2, 0.25) is 11.8 Å². The normalized spacial score (nSPS) is 12.6. The van der Waals surface area contributed by atoms with Crippen LogP contribution < -0.4 is 10.6 Å². The minimum Gasteiger partial charge on any atom is -0.508 e. The first-order valence-electron chi connectivity index (χ1n) is 12.4. The molecule has 0 saturated carbocycles. The Labute approximate surface area is 223 Å². The highest BCUT2D eigenvalue weighted by Gasteiger charge is 2.34. The van der Waals surface area contributed by atoms with E-state index in [4.69, 9.17) is 4.74 Å². The number of benzene rings is 3. The van der Waals surface area contributed by atoms with Crippen molar-refractivity contribution in [3.05, 3.63) is 102 Å². The fraction of sp³-hybridized carbons (Fsp3) is 0.300. The van der Waals surface area contributed by atoms with E-state index >= 15 is 0 Å². The summed E-state index contributed by atoms with van der Waals surface area (Å²) in [6.07, 6.45) is -0.608. The largest absolute Gasteiger partial charge is 0.508 e. The van der Waals surface area contributed by atoms with Crippen LogP contribution in [0.3, 0.4) is 0 Å². The molecule has 8 heteroatoms. The van der Waals surface area contributed by atoms with Gasteiger partial charge in [-0.2, -0.15) is 0 Å². The molecule has 0 heterocycles. The summed E-state index contributed by atoms with van der Waals surface area (Å²) in [4.78, 5) is 41.3. The van der Waals surface area contributed by atoms with Crippen LogP contribution in [0.2, 0.25) is 0 Å². The van der Waals surface area contributed by atoms with Crippen molar-refractivity contribution in [1.29, 1.82) is 0 Å². The van der Waals surface area contributed by atoms with Gasteiger partial charge in [0.15, 0.2) is 0 Å². The minimum absolute atomic E-state index is 0.0908. The molecule has 0 bridgehead atoms. The number of alkyl carbamates (subject to hydrolysis) is 1. The number of ether oxygens (including phenoxy) is 1. The summed E-state index contributed by atoms with van der Waals surface area (Å²) in [6.45, 7) is 5.51. The Hall–Kier alpha value is -4.33. The van der Waals surface area contributed by atoms with Gasteiger partial charge in [-0.15, -0.1) is 0 Å². The molecule has 0 aliphatic heterocycles. The van der Waals surface area contributed by atoms with Crippen LogP contribution in [0.4, 0.5) is 4.79 Å².